The fraction of sp³-hybridized carbons (Fsp3) is 0.524. The van der Waals surface area contributed by atoms with E-state index in [0.717, 1.165) is 0 Å². The Bertz CT molecular complexity index is 1160. The summed E-state index contributed by atoms with van der Waals surface area (Å²) in [6, 6.07) is 4.56. The molecule has 3 atom stereocenters. The molecule has 13 heteroatoms. The summed E-state index contributed by atoms with van der Waals surface area (Å²) in [5, 5.41) is 4.03. The first-order valence-electron chi connectivity index (χ1n) is 10.9. The van der Waals surface area contributed by atoms with Gasteiger partial charge in [0.25, 0.3) is 6.43 Å². The number of alkyl halides is 2. The average molecular weight is 494 g/mol. The Morgan fingerprint density at radius 1 is 1.24 bits per heavy atom. The minimum atomic E-state index is -2.69. The summed E-state index contributed by atoms with van der Waals surface area (Å²) in [5.41, 5.74) is 1.12. The van der Waals surface area contributed by atoms with Crippen LogP contribution in [0.5, 0.6) is 0 Å². The van der Waals surface area contributed by atoms with Crippen molar-refractivity contribution in [3.05, 3.63) is 36.4 Å². The van der Waals surface area contributed by atoms with E-state index in [1.54, 1.807) is 18.5 Å². The molecular formula is C21H25F2N7O3S. The van der Waals surface area contributed by atoms with Crippen molar-refractivity contribution < 1.29 is 22.8 Å². The summed E-state index contributed by atoms with van der Waals surface area (Å²) in [5.74, 6) is -0.139. The van der Waals surface area contributed by atoms with Crippen molar-refractivity contribution in [2.24, 2.45) is 11.8 Å². The molecule has 0 radical (unpaired) electrons. The molecule has 10 nitrogen and oxygen atoms in total. The number of hydrogen-bond acceptors (Lipinski definition) is 9. The van der Waals surface area contributed by atoms with E-state index in [1.807, 2.05) is 0 Å². The maximum Gasteiger partial charge on any atom is 0.282 e. The van der Waals surface area contributed by atoms with Crippen LogP contribution >= 0.6 is 0 Å². The molecule has 2 fully saturated rings. The van der Waals surface area contributed by atoms with Crippen molar-refractivity contribution in [3.63, 3.8) is 0 Å². The second-order valence-electron chi connectivity index (χ2n) is 8.46. The van der Waals surface area contributed by atoms with E-state index in [9.17, 15) is 13.3 Å². The molecule has 1 N–H and O–H groups in total. The molecule has 182 valence electrons. The Morgan fingerprint density at radius 2 is 2.03 bits per heavy atom. The fourth-order valence-corrected chi connectivity index (χ4v) is 5.18. The topological polar surface area (TPSA) is 113 Å². The van der Waals surface area contributed by atoms with Gasteiger partial charge in [0.2, 0.25) is 0 Å². The summed E-state index contributed by atoms with van der Waals surface area (Å²) >= 11 is -1.17. The highest BCUT2D eigenvalue weighted by molar-refractivity contribution is 7.88. The minimum Gasteiger partial charge on any atom is -0.598 e. The zero-order chi connectivity index (χ0) is 23.9. The number of nitrogens with zero attached hydrogens (tertiary/aromatic N) is 6. The van der Waals surface area contributed by atoms with Crippen LogP contribution in [-0.4, -0.2) is 74.0 Å². The van der Waals surface area contributed by atoms with Crippen molar-refractivity contribution in [3.8, 4) is 11.4 Å². The van der Waals surface area contributed by atoms with Gasteiger partial charge in [0.15, 0.2) is 11.4 Å². The predicted octanol–water partition coefficient (Wildman–Crippen LogP) is 1.82. The largest absolute Gasteiger partial charge is 0.598 e. The maximum atomic E-state index is 13.2. The van der Waals surface area contributed by atoms with Crippen LogP contribution in [0.15, 0.2) is 30.7 Å². The first-order chi connectivity index (χ1) is 16.4. The van der Waals surface area contributed by atoms with Gasteiger partial charge in [-0.15, -0.1) is 4.72 Å². The van der Waals surface area contributed by atoms with E-state index in [4.69, 9.17) is 9.47 Å². The molecule has 3 aromatic rings. The minimum absolute atomic E-state index is 0.0188. The number of imidazole rings is 1. The highest BCUT2D eigenvalue weighted by Gasteiger charge is 2.53. The van der Waals surface area contributed by atoms with Gasteiger partial charge in [0, 0.05) is 42.4 Å². The Kier molecular flexibility index (Phi) is 6.37. The molecule has 34 heavy (non-hydrogen) atoms. The second-order valence-corrected chi connectivity index (χ2v) is 9.65. The van der Waals surface area contributed by atoms with Crippen LogP contribution < -0.4 is 9.62 Å². The quantitative estimate of drug-likeness (QED) is 0.514. The molecule has 0 aliphatic carbocycles. The molecular weight excluding hydrogens is 468 g/mol. The van der Waals surface area contributed by atoms with Crippen molar-refractivity contribution in [2.45, 2.75) is 19.1 Å². The molecule has 3 unspecified atom stereocenters. The molecule has 2 aliphatic heterocycles. The Hall–Kier alpha value is -2.45. The first kappa shape index (κ1) is 23.3. The van der Waals surface area contributed by atoms with Crippen LogP contribution in [0.2, 0.25) is 0 Å². The molecule has 5 heterocycles. The zero-order valence-corrected chi connectivity index (χ0v) is 19.5. The number of rotatable bonds is 6. The summed E-state index contributed by atoms with van der Waals surface area (Å²) in [6.45, 7) is 4.76. The maximum absolute atomic E-state index is 13.2. The van der Waals surface area contributed by atoms with E-state index >= 15 is 0 Å². The number of aromatic nitrogens is 5. The molecule has 1 spiro atoms. The molecule has 2 saturated heterocycles. The lowest BCUT2D eigenvalue weighted by Gasteiger charge is -2.48. The average Bonchev–Trinajstić information content (AvgIpc) is 3.48. The van der Waals surface area contributed by atoms with Gasteiger partial charge in [0.1, 0.15) is 29.8 Å². The number of fused-ring (bicyclic) bond motifs is 1. The number of piperidine rings is 1. The molecule has 0 saturated carbocycles. The third-order valence-corrected chi connectivity index (χ3v) is 6.88. The normalized spacial score (nSPS) is 23.3. The summed E-state index contributed by atoms with van der Waals surface area (Å²) in [6.07, 6.45) is 1.90. The summed E-state index contributed by atoms with van der Waals surface area (Å²) < 4.78 is 54.6. The van der Waals surface area contributed by atoms with Gasteiger partial charge >= 0.3 is 0 Å². The van der Waals surface area contributed by atoms with Crippen LogP contribution in [0.3, 0.4) is 0 Å². The van der Waals surface area contributed by atoms with Crippen LogP contribution in [-0.2, 0) is 20.8 Å². The second kappa shape index (κ2) is 9.30. The molecule has 0 bridgehead atoms. The lowest BCUT2D eigenvalue weighted by molar-refractivity contribution is -0.230. The lowest BCUT2D eigenvalue weighted by atomic mass is 9.83. The van der Waals surface area contributed by atoms with Gasteiger partial charge in [0.05, 0.1) is 31.6 Å². The third kappa shape index (κ3) is 4.22. The van der Waals surface area contributed by atoms with E-state index in [0.29, 0.717) is 55.7 Å². The van der Waals surface area contributed by atoms with E-state index in [-0.39, 0.29) is 17.5 Å². The number of anilines is 1. The number of nitrogens with one attached hydrogen (secondary N) is 1. The molecule has 5 rings (SSSR count). The number of hydrogen-bond donors (Lipinski definition) is 1. The van der Waals surface area contributed by atoms with Gasteiger partial charge in [-0.25, -0.2) is 28.2 Å². The van der Waals surface area contributed by atoms with Crippen LogP contribution in [0.25, 0.3) is 17.0 Å². The molecule has 3 aromatic heterocycles. The van der Waals surface area contributed by atoms with Gasteiger partial charge < -0.3 is 18.9 Å². The smallest absolute Gasteiger partial charge is 0.282 e. The highest BCUT2D eigenvalue weighted by atomic mass is 32.2. The Balaban J connectivity index is 1.45. The predicted molar refractivity (Wildman–Crippen MR) is 121 cm³/mol. The molecule has 0 aromatic carbocycles. The zero-order valence-electron chi connectivity index (χ0n) is 18.7. The van der Waals surface area contributed by atoms with Crippen LogP contribution in [0, 0.1) is 11.8 Å². The Morgan fingerprint density at radius 3 is 2.76 bits per heavy atom. The van der Waals surface area contributed by atoms with Gasteiger partial charge in [-0.2, -0.15) is 5.10 Å². The van der Waals surface area contributed by atoms with E-state index in [1.165, 1.54) is 23.0 Å². The standard InChI is InChI=1S/C21H25F2N7O3S/c1-13-10-29(11-14(8-27-34(2)31)21(13)32-5-6-33-21)19-7-16(25-12-26-19)17-9-24-18-4-3-15(20(22)23)28-30(17)18/h3-4,7,9,12-14,20,27H,5-6,8,10-11H2,1-2H3. The SMILES string of the molecule is CC1CN(c2cc(-c3cnc4ccc(C(F)F)nn34)ncn2)CC(CN[S+](C)[O-])C12OCCO2. The summed E-state index contributed by atoms with van der Waals surface area (Å²) in [4.78, 5) is 15.2. The highest BCUT2D eigenvalue weighted by Crippen LogP contribution is 2.41. The van der Waals surface area contributed by atoms with Gasteiger partial charge in [-0.3, -0.25) is 0 Å². The summed E-state index contributed by atoms with van der Waals surface area (Å²) in [7, 11) is 0. The van der Waals surface area contributed by atoms with Gasteiger partial charge in [-0.1, -0.05) is 6.92 Å². The fourth-order valence-electron chi connectivity index (χ4n) is 4.74. The molecule has 2 aliphatic rings. The van der Waals surface area contributed by atoms with Crippen molar-refractivity contribution in [2.75, 3.05) is 44.0 Å². The first-order valence-corrected chi connectivity index (χ1v) is 12.5. The van der Waals surface area contributed by atoms with Crippen molar-refractivity contribution in [1.29, 1.82) is 0 Å². The van der Waals surface area contributed by atoms with Crippen LogP contribution in [0.4, 0.5) is 14.6 Å². The number of halogens is 2. The Labute approximate surface area is 198 Å². The van der Waals surface area contributed by atoms with Crippen molar-refractivity contribution >= 4 is 22.8 Å². The van der Waals surface area contributed by atoms with E-state index < -0.39 is 23.6 Å². The van der Waals surface area contributed by atoms with Crippen molar-refractivity contribution in [1.82, 2.24) is 29.3 Å². The van der Waals surface area contributed by atoms with Crippen LogP contribution in [0.1, 0.15) is 19.0 Å². The monoisotopic (exact) mass is 493 g/mol. The molecule has 0 amide bonds. The van der Waals surface area contributed by atoms with Gasteiger partial charge in [-0.05, 0) is 12.1 Å². The van der Waals surface area contributed by atoms with E-state index in [2.05, 4.69) is 36.6 Å². The number of ether oxygens (including phenoxy) is 2. The third-order valence-electron chi connectivity index (χ3n) is 6.31. The lowest BCUT2D eigenvalue weighted by Crippen LogP contribution is -2.61.